The van der Waals surface area contributed by atoms with Gasteiger partial charge in [0, 0.05) is 21.9 Å². The van der Waals surface area contributed by atoms with Gasteiger partial charge >= 0.3 is 5.97 Å². The number of ketones is 1. The van der Waals surface area contributed by atoms with Crippen molar-refractivity contribution >= 4 is 33.5 Å². The Labute approximate surface area is 140 Å². The number of rotatable bonds is 6. The third-order valence-corrected chi connectivity index (χ3v) is 4.73. The molecule has 0 bridgehead atoms. The van der Waals surface area contributed by atoms with Crippen LogP contribution in [0.25, 0.3) is 11.0 Å². The van der Waals surface area contributed by atoms with E-state index in [1.165, 1.54) is 12.1 Å². The molecule has 0 amide bonds. The highest BCUT2D eigenvalue weighted by molar-refractivity contribution is 7.85. The Kier molecular flexibility index (Phi) is 4.57. The van der Waals surface area contributed by atoms with Crippen molar-refractivity contribution in [3.05, 3.63) is 71.5 Å². The number of benzene rings is 2. The van der Waals surface area contributed by atoms with Gasteiger partial charge in [0.2, 0.25) is 5.78 Å². The standard InChI is InChI=1S/C18H14O5S/c19-15(17-9-13-5-1-2-7-16(13)23-17)11-24(22)10-12-4-3-6-14(8-12)18(20)21/h1-9H,10-11H2,(H,20,21). The SMILES string of the molecule is O=C(O)c1cccc(CS(=O)CC(=O)c2cc3ccccc3o2)c1. The molecule has 6 heteroatoms. The summed E-state index contributed by atoms with van der Waals surface area (Å²) in [4.78, 5) is 23.2. The Morgan fingerprint density at radius 1 is 1.04 bits per heavy atom. The first kappa shape index (κ1) is 16.1. The third-order valence-electron chi connectivity index (χ3n) is 3.49. The first-order valence-electron chi connectivity index (χ1n) is 7.22. The fourth-order valence-electron chi connectivity index (χ4n) is 2.37. The van der Waals surface area contributed by atoms with Crippen molar-refractivity contribution in [1.82, 2.24) is 0 Å². The Morgan fingerprint density at radius 3 is 2.58 bits per heavy atom. The number of carbonyl (C=O) groups is 2. The summed E-state index contributed by atoms with van der Waals surface area (Å²) in [5, 5.41) is 9.78. The molecule has 0 saturated carbocycles. The maximum Gasteiger partial charge on any atom is 0.335 e. The number of hydrogen-bond donors (Lipinski definition) is 1. The normalized spacial score (nSPS) is 12.2. The molecular formula is C18H14O5S. The second kappa shape index (κ2) is 6.80. The van der Waals surface area contributed by atoms with E-state index in [-0.39, 0.29) is 28.6 Å². The summed E-state index contributed by atoms with van der Waals surface area (Å²) < 4.78 is 17.7. The lowest BCUT2D eigenvalue weighted by Crippen LogP contribution is -2.12. The molecule has 0 fully saturated rings. The topological polar surface area (TPSA) is 84.6 Å². The molecule has 1 aromatic heterocycles. The van der Waals surface area contributed by atoms with E-state index in [4.69, 9.17) is 9.52 Å². The Bertz CT molecular complexity index is 908. The predicted molar refractivity (Wildman–Crippen MR) is 90.7 cm³/mol. The van der Waals surface area contributed by atoms with Gasteiger partial charge in [-0.15, -0.1) is 0 Å². The molecule has 0 saturated heterocycles. The van der Waals surface area contributed by atoms with Crippen molar-refractivity contribution in [2.24, 2.45) is 0 Å². The lowest BCUT2D eigenvalue weighted by atomic mass is 10.1. The van der Waals surface area contributed by atoms with Crippen molar-refractivity contribution in [3.63, 3.8) is 0 Å². The van der Waals surface area contributed by atoms with Crippen LogP contribution in [0, 0.1) is 0 Å². The molecule has 122 valence electrons. The first-order chi connectivity index (χ1) is 11.5. The molecule has 0 radical (unpaired) electrons. The van der Waals surface area contributed by atoms with Crippen LogP contribution in [0.1, 0.15) is 26.5 Å². The number of carboxylic acid groups (broad SMARTS) is 1. The molecule has 0 aliphatic rings. The van der Waals surface area contributed by atoms with Crippen molar-refractivity contribution < 1.29 is 23.3 Å². The van der Waals surface area contributed by atoms with Crippen LogP contribution < -0.4 is 0 Å². The van der Waals surface area contributed by atoms with Gasteiger partial charge in [-0.3, -0.25) is 9.00 Å². The van der Waals surface area contributed by atoms with E-state index in [1.54, 1.807) is 24.3 Å². The van der Waals surface area contributed by atoms with Crippen LogP contribution in [0.5, 0.6) is 0 Å². The highest BCUT2D eigenvalue weighted by Gasteiger charge is 2.16. The maximum atomic E-state index is 12.2. The zero-order valence-electron chi connectivity index (χ0n) is 12.6. The molecule has 1 N–H and O–H groups in total. The van der Waals surface area contributed by atoms with Gasteiger partial charge in [0.1, 0.15) is 5.58 Å². The highest BCUT2D eigenvalue weighted by atomic mass is 32.2. The third kappa shape index (κ3) is 3.60. The van der Waals surface area contributed by atoms with Gasteiger partial charge in [-0.25, -0.2) is 4.79 Å². The lowest BCUT2D eigenvalue weighted by Gasteiger charge is -2.02. The number of fused-ring (bicyclic) bond motifs is 1. The van der Waals surface area contributed by atoms with Gasteiger partial charge in [-0.2, -0.15) is 0 Å². The van der Waals surface area contributed by atoms with Crippen LogP contribution in [0.2, 0.25) is 0 Å². The highest BCUT2D eigenvalue weighted by Crippen LogP contribution is 2.19. The molecule has 1 unspecified atom stereocenters. The van der Waals surface area contributed by atoms with E-state index in [0.29, 0.717) is 11.1 Å². The van der Waals surface area contributed by atoms with Crippen LogP contribution in [0.15, 0.2) is 59.0 Å². The summed E-state index contributed by atoms with van der Waals surface area (Å²) in [6.07, 6.45) is 0. The molecule has 3 rings (SSSR count). The average Bonchev–Trinajstić information content (AvgIpc) is 2.99. The fraction of sp³-hybridized carbons (Fsp3) is 0.111. The molecule has 3 aromatic rings. The molecule has 2 aromatic carbocycles. The molecule has 1 heterocycles. The number of Topliss-reactive ketones (excluding diaryl/α,β-unsaturated/α-hetero) is 1. The largest absolute Gasteiger partial charge is 0.478 e. The zero-order chi connectivity index (χ0) is 17.1. The molecule has 0 aliphatic carbocycles. The number of carbonyl (C=O) groups excluding carboxylic acids is 1. The van der Waals surface area contributed by atoms with E-state index in [1.807, 2.05) is 18.2 Å². The maximum absolute atomic E-state index is 12.2. The molecule has 24 heavy (non-hydrogen) atoms. The molecular weight excluding hydrogens is 328 g/mol. The van der Waals surface area contributed by atoms with Gasteiger partial charge in [-0.05, 0) is 29.8 Å². The summed E-state index contributed by atoms with van der Waals surface area (Å²) in [6, 6.07) is 15.1. The van der Waals surface area contributed by atoms with Crippen LogP contribution in [0.4, 0.5) is 0 Å². The smallest absolute Gasteiger partial charge is 0.335 e. The molecule has 0 aliphatic heterocycles. The van der Waals surface area contributed by atoms with Crippen LogP contribution in [-0.2, 0) is 16.6 Å². The van der Waals surface area contributed by atoms with Crippen molar-refractivity contribution in [2.75, 3.05) is 5.75 Å². The second-order valence-electron chi connectivity index (χ2n) is 5.31. The van der Waals surface area contributed by atoms with Gasteiger partial charge < -0.3 is 9.52 Å². The summed E-state index contributed by atoms with van der Waals surface area (Å²) >= 11 is 0. The number of aromatic carboxylic acids is 1. The van der Waals surface area contributed by atoms with E-state index < -0.39 is 16.8 Å². The van der Waals surface area contributed by atoms with E-state index in [9.17, 15) is 13.8 Å². The van der Waals surface area contributed by atoms with E-state index in [0.717, 1.165) is 5.39 Å². The lowest BCUT2D eigenvalue weighted by molar-refractivity contribution is 0.0696. The Hall–Kier alpha value is -2.73. The summed E-state index contributed by atoms with van der Waals surface area (Å²) in [7, 11) is -1.45. The summed E-state index contributed by atoms with van der Waals surface area (Å²) in [6.45, 7) is 0. The minimum atomic E-state index is -1.45. The van der Waals surface area contributed by atoms with Gasteiger partial charge in [-0.1, -0.05) is 30.3 Å². The van der Waals surface area contributed by atoms with Crippen molar-refractivity contribution in [3.8, 4) is 0 Å². The first-order valence-corrected chi connectivity index (χ1v) is 8.71. The quantitative estimate of drug-likeness (QED) is 0.695. The van der Waals surface area contributed by atoms with Crippen LogP contribution >= 0.6 is 0 Å². The van der Waals surface area contributed by atoms with E-state index >= 15 is 0 Å². The van der Waals surface area contributed by atoms with E-state index in [2.05, 4.69) is 0 Å². The van der Waals surface area contributed by atoms with Crippen LogP contribution in [-0.4, -0.2) is 26.8 Å². The fourth-order valence-corrected chi connectivity index (χ4v) is 3.46. The van der Waals surface area contributed by atoms with Gasteiger partial charge in [0.25, 0.3) is 0 Å². The summed E-state index contributed by atoms with van der Waals surface area (Å²) in [5.74, 6) is -1.24. The number of para-hydroxylation sites is 1. The molecule has 5 nitrogen and oxygen atoms in total. The van der Waals surface area contributed by atoms with Crippen molar-refractivity contribution in [1.29, 1.82) is 0 Å². The van der Waals surface area contributed by atoms with Gasteiger partial charge in [0.05, 0.1) is 11.3 Å². The predicted octanol–water partition coefficient (Wildman–Crippen LogP) is 3.26. The summed E-state index contributed by atoms with van der Waals surface area (Å²) in [5.41, 5.74) is 1.36. The van der Waals surface area contributed by atoms with Crippen molar-refractivity contribution in [2.45, 2.75) is 5.75 Å². The number of furan rings is 1. The molecule has 0 spiro atoms. The Morgan fingerprint density at radius 2 is 1.83 bits per heavy atom. The van der Waals surface area contributed by atoms with Gasteiger partial charge in [0.15, 0.2) is 5.76 Å². The minimum absolute atomic E-state index is 0.118. The Balaban J connectivity index is 1.69. The minimum Gasteiger partial charge on any atom is -0.478 e. The average molecular weight is 342 g/mol. The zero-order valence-corrected chi connectivity index (χ0v) is 13.4. The number of carboxylic acids is 1. The number of hydrogen-bond acceptors (Lipinski definition) is 4. The monoisotopic (exact) mass is 342 g/mol. The molecule has 1 atom stereocenters. The van der Waals surface area contributed by atoms with Crippen LogP contribution in [0.3, 0.4) is 0 Å². The second-order valence-corrected chi connectivity index (χ2v) is 6.76.